The summed E-state index contributed by atoms with van der Waals surface area (Å²) in [6.07, 6.45) is 6.58. The summed E-state index contributed by atoms with van der Waals surface area (Å²) in [5.74, 6) is 1.84. The molecule has 0 atom stereocenters. The largest absolute Gasteiger partial charge is 0.370 e. The highest BCUT2D eigenvalue weighted by Gasteiger charge is 2.10. The molecule has 0 aliphatic rings. The zero-order chi connectivity index (χ0) is 15.1. The van der Waals surface area contributed by atoms with Crippen LogP contribution in [0.15, 0.2) is 12.5 Å². The first-order valence-corrected chi connectivity index (χ1v) is 8.35. The summed E-state index contributed by atoms with van der Waals surface area (Å²) in [7, 11) is 0. The first-order valence-electron chi connectivity index (χ1n) is 7.53. The standard InChI is InChI=1S/C15H23N5S/c1-4-7-16-14-12(6-3)15(20-10-19-14)18-9-13-17-8-11(5-2)21-13/h8,10H,4-7,9H2,1-3H3,(H2,16,18,19,20). The molecule has 0 saturated carbocycles. The Morgan fingerprint density at radius 1 is 1.00 bits per heavy atom. The maximum atomic E-state index is 4.43. The van der Waals surface area contributed by atoms with Crippen molar-refractivity contribution in [3.63, 3.8) is 0 Å². The van der Waals surface area contributed by atoms with Gasteiger partial charge >= 0.3 is 0 Å². The van der Waals surface area contributed by atoms with Crippen molar-refractivity contribution in [2.45, 2.75) is 46.6 Å². The molecule has 0 bridgehead atoms. The molecular formula is C15H23N5S. The molecule has 114 valence electrons. The van der Waals surface area contributed by atoms with Crippen molar-refractivity contribution in [2.75, 3.05) is 17.2 Å². The van der Waals surface area contributed by atoms with Crippen LogP contribution in [-0.2, 0) is 19.4 Å². The van der Waals surface area contributed by atoms with Crippen molar-refractivity contribution in [2.24, 2.45) is 0 Å². The Kier molecular flexibility index (Phi) is 5.92. The molecule has 2 N–H and O–H groups in total. The molecule has 2 aromatic rings. The molecule has 0 amide bonds. The first-order chi connectivity index (χ1) is 10.3. The van der Waals surface area contributed by atoms with Crippen LogP contribution in [0.4, 0.5) is 11.6 Å². The van der Waals surface area contributed by atoms with E-state index in [1.165, 1.54) is 4.88 Å². The third kappa shape index (κ3) is 4.14. The molecule has 2 heterocycles. The third-order valence-corrected chi connectivity index (χ3v) is 4.34. The lowest BCUT2D eigenvalue weighted by atomic mass is 10.2. The van der Waals surface area contributed by atoms with E-state index in [0.717, 1.165) is 48.0 Å². The van der Waals surface area contributed by atoms with E-state index >= 15 is 0 Å². The second kappa shape index (κ2) is 7.93. The molecule has 0 fully saturated rings. The number of rotatable bonds is 8. The minimum atomic E-state index is 0.710. The van der Waals surface area contributed by atoms with Gasteiger partial charge in [0, 0.05) is 23.2 Å². The fraction of sp³-hybridized carbons (Fsp3) is 0.533. The van der Waals surface area contributed by atoms with E-state index in [2.05, 4.69) is 46.4 Å². The lowest BCUT2D eigenvalue weighted by molar-refractivity contribution is 0.943. The van der Waals surface area contributed by atoms with Gasteiger partial charge in [0.05, 0.1) is 6.54 Å². The fourth-order valence-corrected chi connectivity index (χ4v) is 2.85. The number of nitrogens with zero attached hydrogens (tertiary/aromatic N) is 3. The predicted octanol–water partition coefficient (Wildman–Crippen LogP) is 3.49. The number of hydrogen-bond donors (Lipinski definition) is 2. The summed E-state index contributed by atoms with van der Waals surface area (Å²) in [4.78, 5) is 14.5. The van der Waals surface area contributed by atoms with Crippen LogP contribution in [0.1, 0.15) is 42.6 Å². The van der Waals surface area contributed by atoms with E-state index in [9.17, 15) is 0 Å². The second-order valence-corrected chi connectivity index (χ2v) is 5.96. The average Bonchev–Trinajstić information content (AvgIpc) is 2.98. The summed E-state index contributed by atoms with van der Waals surface area (Å²) in [6.45, 7) is 8.06. The van der Waals surface area contributed by atoms with Crippen LogP contribution < -0.4 is 10.6 Å². The Bertz CT molecular complexity index is 567. The molecule has 0 saturated heterocycles. The van der Waals surface area contributed by atoms with Crippen LogP contribution in [0.25, 0.3) is 0 Å². The summed E-state index contributed by atoms with van der Waals surface area (Å²) < 4.78 is 0. The van der Waals surface area contributed by atoms with E-state index in [1.54, 1.807) is 17.7 Å². The van der Waals surface area contributed by atoms with Crippen molar-refractivity contribution in [3.8, 4) is 0 Å². The van der Waals surface area contributed by atoms with E-state index in [1.807, 2.05) is 6.20 Å². The van der Waals surface area contributed by atoms with Gasteiger partial charge in [0.1, 0.15) is 23.0 Å². The monoisotopic (exact) mass is 305 g/mol. The van der Waals surface area contributed by atoms with Crippen LogP contribution in [0.2, 0.25) is 0 Å². The minimum absolute atomic E-state index is 0.710. The van der Waals surface area contributed by atoms with Crippen LogP contribution in [0.5, 0.6) is 0 Å². The maximum Gasteiger partial charge on any atom is 0.135 e. The highest BCUT2D eigenvalue weighted by molar-refractivity contribution is 7.11. The summed E-state index contributed by atoms with van der Waals surface area (Å²) in [5.41, 5.74) is 1.14. The molecule has 21 heavy (non-hydrogen) atoms. The Balaban J connectivity index is 2.08. The smallest absolute Gasteiger partial charge is 0.135 e. The van der Waals surface area contributed by atoms with Crippen LogP contribution in [-0.4, -0.2) is 21.5 Å². The van der Waals surface area contributed by atoms with E-state index in [4.69, 9.17) is 0 Å². The molecule has 0 radical (unpaired) electrons. The highest BCUT2D eigenvalue weighted by Crippen LogP contribution is 2.22. The molecule has 6 heteroatoms. The minimum Gasteiger partial charge on any atom is -0.370 e. The molecule has 0 spiro atoms. The molecular weight excluding hydrogens is 282 g/mol. The molecule has 2 rings (SSSR count). The van der Waals surface area contributed by atoms with Gasteiger partial charge in [0.2, 0.25) is 0 Å². The summed E-state index contributed by atoms with van der Waals surface area (Å²) in [5, 5.41) is 7.85. The first kappa shape index (κ1) is 15.7. The summed E-state index contributed by atoms with van der Waals surface area (Å²) in [6, 6.07) is 0. The van der Waals surface area contributed by atoms with Crippen LogP contribution >= 0.6 is 11.3 Å². The van der Waals surface area contributed by atoms with Crippen molar-refractivity contribution in [3.05, 3.63) is 28.0 Å². The van der Waals surface area contributed by atoms with Crippen molar-refractivity contribution < 1.29 is 0 Å². The van der Waals surface area contributed by atoms with Gasteiger partial charge in [-0.1, -0.05) is 20.8 Å². The van der Waals surface area contributed by atoms with Crippen molar-refractivity contribution in [1.29, 1.82) is 0 Å². The topological polar surface area (TPSA) is 62.7 Å². The molecule has 2 aromatic heterocycles. The van der Waals surface area contributed by atoms with Gasteiger partial charge in [0.15, 0.2) is 0 Å². The van der Waals surface area contributed by atoms with E-state index in [0.29, 0.717) is 6.54 Å². The molecule has 5 nitrogen and oxygen atoms in total. The van der Waals surface area contributed by atoms with Gasteiger partial charge in [-0.3, -0.25) is 0 Å². The van der Waals surface area contributed by atoms with Gasteiger partial charge in [-0.15, -0.1) is 11.3 Å². The second-order valence-electron chi connectivity index (χ2n) is 4.76. The Labute approximate surface area is 130 Å². The lowest BCUT2D eigenvalue weighted by Gasteiger charge is -2.13. The Hall–Kier alpha value is -1.69. The number of aryl methyl sites for hydroxylation is 1. The van der Waals surface area contributed by atoms with Crippen molar-refractivity contribution in [1.82, 2.24) is 15.0 Å². The lowest BCUT2D eigenvalue weighted by Crippen LogP contribution is -2.10. The Morgan fingerprint density at radius 3 is 2.38 bits per heavy atom. The third-order valence-electron chi connectivity index (χ3n) is 3.20. The van der Waals surface area contributed by atoms with Crippen LogP contribution in [0, 0.1) is 0 Å². The van der Waals surface area contributed by atoms with Gasteiger partial charge in [-0.05, 0) is 19.3 Å². The predicted molar refractivity (Wildman–Crippen MR) is 89.0 cm³/mol. The SMILES string of the molecule is CCCNc1ncnc(NCc2ncc(CC)s2)c1CC. The van der Waals surface area contributed by atoms with Gasteiger partial charge in [0.25, 0.3) is 0 Å². The average molecular weight is 305 g/mol. The van der Waals surface area contributed by atoms with E-state index in [-0.39, 0.29) is 0 Å². The number of anilines is 2. The summed E-state index contributed by atoms with van der Waals surface area (Å²) >= 11 is 1.75. The fourth-order valence-electron chi connectivity index (χ4n) is 2.05. The van der Waals surface area contributed by atoms with Crippen molar-refractivity contribution >= 4 is 23.0 Å². The molecule has 0 aliphatic carbocycles. The van der Waals surface area contributed by atoms with Gasteiger partial charge < -0.3 is 10.6 Å². The Morgan fingerprint density at radius 2 is 1.76 bits per heavy atom. The zero-order valence-electron chi connectivity index (χ0n) is 12.9. The number of nitrogens with one attached hydrogen (secondary N) is 2. The number of thiazole rings is 1. The quantitative estimate of drug-likeness (QED) is 0.781. The number of aromatic nitrogens is 3. The van der Waals surface area contributed by atoms with Crippen LogP contribution in [0.3, 0.4) is 0 Å². The molecule has 0 aromatic carbocycles. The van der Waals surface area contributed by atoms with Gasteiger partial charge in [-0.2, -0.15) is 0 Å². The zero-order valence-corrected chi connectivity index (χ0v) is 13.8. The molecule has 0 aliphatic heterocycles. The van der Waals surface area contributed by atoms with Gasteiger partial charge in [-0.25, -0.2) is 15.0 Å². The normalized spacial score (nSPS) is 10.6. The number of hydrogen-bond acceptors (Lipinski definition) is 6. The maximum absolute atomic E-state index is 4.43. The van der Waals surface area contributed by atoms with E-state index < -0.39 is 0 Å². The highest BCUT2D eigenvalue weighted by atomic mass is 32.1. The molecule has 0 unspecified atom stereocenters.